The van der Waals surface area contributed by atoms with E-state index in [0.717, 1.165) is 29.0 Å². The Hall–Kier alpha value is -1.02. The molecule has 136 valence electrons. The Morgan fingerprint density at radius 2 is 1.62 bits per heavy atom. The maximum atomic E-state index is 12.1. The highest BCUT2D eigenvalue weighted by Crippen LogP contribution is 2.32. The maximum absolute atomic E-state index is 12.1. The molecule has 0 aliphatic heterocycles. The molecule has 0 radical (unpaired) electrons. The monoisotopic (exact) mass is 352 g/mol. The summed E-state index contributed by atoms with van der Waals surface area (Å²) in [5.74, 6) is 0.801. The summed E-state index contributed by atoms with van der Waals surface area (Å²) >= 11 is 6.19. The Labute approximate surface area is 152 Å². The molecule has 0 fully saturated rings. The van der Waals surface area contributed by atoms with Crippen molar-refractivity contribution in [3.8, 4) is 5.75 Å². The van der Waals surface area contributed by atoms with E-state index >= 15 is 0 Å². The van der Waals surface area contributed by atoms with Crippen molar-refractivity contribution in [1.29, 1.82) is 0 Å². The zero-order chi connectivity index (χ0) is 17.9. The van der Waals surface area contributed by atoms with E-state index in [-0.39, 0.29) is 11.9 Å². The second kappa shape index (κ2) is 11.5. The largest absolute Gasteiger partial charge is 0.426 e. The van der Waals surface area contributed by atoms with Crippen LogP contribution in [0.1, 0.15) is 95.6 Å². The van der Waals surface area contributed by atoms with Gasteiger partial charge in [-0.3, -0.25) is 4.79 Å². The molecule has 0 aliphatic rings. The van der Waals surface area contributed by atoms with Crippen molar-refractivity contribution in [3.63, 3.8) is 0 Å². The van der Waals surface area contributed by atoms with Crippen LogP contribution in [0.15, 0.2) is 12.1 Å². The topological polar surface area (TPSA) is 26.3 Å². The average molecular weight is 353 g/mol. The van der Waals surface area contributed by atoms with Gasteiger partial charge in [-0.25, -0.2) is 0 Å². The fourth-order valence-corrected chi connectivity index (χ4v) is 2.96. The van der Waals surface area contributed by atoms with E-state index in [2.05, 4.69) is 20.8 Å². The molecule has 1 aromatic rings. The third kappa shape index (κ3) is 7.70. The smallest absolute Gasteiger partial charge is 0.311 e. The van der Waals surface area contributed by atoms with Crippen LogP contribution in [0.3, 0.4) is 0 Å². The van der Waals surface area contributed by atoms with Crippen LogP contribution in [-0.2, 0) is 4.79 Å². The molecule has 0 N–H and O–H groups in total. The van der Waals surface area contributed by atoms with E-state index in [9.17, 15) is 4.79 Å². The molecule has 1 aromatic carbocycles. The van der Waals surface area contributed by atoms with Crippen molar-refractivity contribution >= 4 is 17.6 Å². The van der Waals surface area contributed by atoms with Crippen LogP contribution in [0.2, 0.25) is 5.02 Å². The lowest BCUT2D eigenvalue weighted by molar-refractivity contribution is -0.134. The first-order chi connectivity index (χ1) is 11.5. The predicted octanol–water partition coefficient (Wildman–Crippen LogP) is 7.21. The Bertz CT molecular complexity index is 509. The highest BCUT2D eigenvalue weighted by atomic mass is 35.5. The van der Waals surface area contributed by atoms with Gasteiger partial charge < -0.3 is 4.74 Å². The second-order valence-corrected chi connectivity index (χ2v) is 7.40. The fraction of sp³-hybridized carbons (Fsp3) is 0.667. The first-order valence-corrected chi connectivity index (χ1v) is 9.84. The van der Waals surface area contributed by atoms with Gasteiger partial charge in [0.05, 0.1) is 0 Å². The first kappa shape index (κ1) is 21.0. The zero-order valence-corrected chi connectivity index (χ0v) is 16.5. The number of unbranched alkanes of at least 4 members (excludes halogenated alkanes) is 7. The van der Waals surface area contributed by atoms with E-state index < -0.39 is 0 Å². The van der Waals surface area contributed by atoms with Crippen molar-refractivity contribution in [2.75, 3.05) is 0 Å². The number of aryl methyl sites for hydroxylation is 1. The minimum Gasteiger partial charge on any atom is -0.426 e. The molecule has 1 rings (SSSR count). The number of esters is 1. The van der Waals surface area contributed by atoms with Crippen LogP contribution in [-0.4, -0.2) is 5.97 Å². The number of halogens is 1. The van der Waals surface area contributed by atoms with Crippen LogP contribution in [0.4, 0.5) is 0 Å². The molecule has 3 heteroatoms. The number of rotatable bonds is 11. The molecular formula is C21H33ClO2. The van der Waals surface area contributed by atoms with Gasteiger partial charge in [0, 0.05) is 11.4 Å². The van der Waals surface area contributed by atoms with E-state index in [1.54, 1.807) is 0 Å². The molecule has 0 aliphatic carbocycles. The van der Waals surface area contributed by atoms with Gasteiger partial charge in [-0.1, -0.05) is 77.3 Å². The lowest BCUT2D eigenvalue weighted by Gasteiger charge is -2.14. The molecule has 0 amide bonds. The zero-order valence-electron chi connectivity index (χ0n) is 15.8. The van der Waals surface area contributed by atoms with Crippen molar-refractivity contribution < 1.29 is 9.53 Å². The van der Waals surface area contributed by atoms with Crippen LogP contribution < -0.4 is 4.74 Å². The van der Waals surface area contributed by atoms with Gasteiger partial charge in [-0.2, -0.15) is 0 Å². The lowest BCUT2D eigenvalue weighted by atomic mass is 10.0. The van der Waals surface area contributed by atoms with Gasteiger partial charge >= 0.3 is 5.97 Å². The standard InChI is InChI=1S/C21H33ClO2/c1-5-6-7-8-9-10-11-12-13-21(23)24-20-14-17(4)19(22)15-18(20)16(2)3/h14-16H,5-13H2,1-4H3. The Morgan fingerprint density at radius 1 is 1.04 bits per heavy atom. The predicted molar refractivity (Wildman–Crippen MR) is 103 cm³/mol. The number of benzene rings is 1. The normalized spacial score (nSPS) is 11.1. The summed E-state index contributed by atoms with van der Waals surface area (Å²) in [5, 5.41) is 0.724. The number of hydrogen-bond acceptors (Lipinski definition) is 2. The SMILES string of the molecule is CCCCCCCCCCC(=O)Oc1cc(C)c(Cl)cc1C(C)C. The Balaban J connectivity index is 2.36. The summed E-state index contributed by atoms with van der Waals surface area (Å²) < 4.78 is 5.60. The summed E-state index contributed by atoms with van der Waals surface area (Å²) in [6.45, 7) is 8.33. The summed E-state index contributed by atoms with van der Waals surface area (Å²) in [6.07, 6.45) is 10.3. The Kier molecular flexibility index (Phi) is 10.1. The molecule has 0 atom stereocenters. The molecule has 0 heterocycles. The molecule has 0 spiro atoms. The van der Waals surface area contributed by atoms with Crippen LogP contribution in [0, 0.1) is 6.92 Å². The maximum Gasteiger partial charge on any atom is 0.311 e. The third-order valence-electron chi connectivity index (χ3n) is 4.37. The van der Waals surface area contributed by atoms with Gasteiger partial charge in [-0.05, 0) is 42.5 Å². The number of ether oxygens (including phenoxy) is 1. The Morgan fingerprint density at radius 3 is 2.21 bits per heavy atom. The van der Waals surface area contributed by atoms with Crippen molar-refractivity contribution in [2.24, 2.45) is 0 Å². The molecular weight excluding hydrogens is 320 g/mol. The van der Waals surface area contributed by atoms with Gasteiger partial charge in [0.1, 0.15) is 5.75 Å². The molecule has 0 saturated heterocycles. The second-order valence-electron chi connectivity index (χ2n) is 6.99. The van der Waals surface area contributed by atoms with E-state index in [1.165, 1.54) is 38.5 Å². The molecule has 0 aromatic heterocycles. The van der Waals surface area contributed by atoms with Crippen molar-refractivity contribution in [3.05, 3.63) is 28.3 Å². The van der Waals surface area contributed by atoms with Crippen LogP contribution >= 0.6 is 11.6 Å². The van der Waals surface area contributed by atoms with Gasteiger partial charge in [0.25, 0.3) is 0 Å². The highest BCUT2D eigenvalue weighted by Gasteiger charge is 2.14. The van der Waals surface area contributed by atoms with E-state index in [0.29, 0.717) is 12.2 Å². The quantitative estimate of drug-likeness (QED) is 0.239. The molecule has 0 saturated carbocycles. The van der Waals surface area contributed by atoms with Crippen LogP contribution in [0.25, 0.3) is 0 Å². The fourth-order valence-electron chi connectivity index (χ4n) is 2.79. The number of hydrogen-bond donors (Lipinski definition) is 0. The summed E-state index contributed by atoms with van der Waals surface area (Å²) in [7, 11) is 0. The molecule has 2 nitrogen and oxygen atoms in total. The molecule has 0 bridgehead atoms. The average Bonchev–Trinajstić information content (AvgIpc) is 2.53. The minimum absolute atomic E-state index is 0.135. The van der Waals surface area contributed by atoms with Gasteiger partial charge in [-0.15, -0.1) is 0 Å². The minimum atomic E-state index is -0.135. The first-order valence-electron chi connectivity index (χ1n) is 9.46. The summed E-state index contributed by atoms with van der Waals surface area (Å²) in [5.41, 5.74) is 1.94. The summed E-state index contributed by atoms with van der Waals surface area (Å²) in [4.78, 5) is 12.1. The van der Waals surface area contributed by atoms with Gasteiger partial charge in [0.15, 0.2) is 0 Å². The number of carbonyl (C=O) groups is 1. The molecule has 0 unspecified atom stereocenters. The number of carbonyl (C=O) groups excluding carboxylic acids is 1. The molecule has 24 heavy (non-hydrogen) atoms. The van der Waals surface area contributed by atoms with Crippen LogP contribution in [0.5, 0.6) is 5.75 Å². The lowest BCUT2D eigenvalue weighted by Crippen LogP contribution is -2.10. The van der Waals surface area contributed by atoms with Crippen molar-refractivity contribution in [1.82, 2.24) is 0 Å². The third-order valence-corrected chi connectivity index (χ3v) is 4.78. The van der Waals surface area contributed by atoms with Crippen molar-refractivity contribution in [2.45, 2.75) is 91.4 Å². The summed E-state index contributed by atoms with van der Waals surface area (Å²) in [6, 6.07) is 3.80. The van der Waals surface area contributed by atoms with E-state index in [1.807, 2.05) is 19.1 Å². The highest BCUT2D eigenvalue weighted by molar-refractivity contribution is 6.31. The van der Waals surface area contributed by atoms with Gasteiger partial charge in [0.2, 0.25) is 0 Å². The van der Waals surface area contributed by atoms with E-state index in [4.69, 9.17) is 16.3 Å².